The minimum absolute atomic E-state index is 0.183. The summed E-state index contributed by atoms with van der Waals surface area (Å²) < 4.78 is 7.21. The lowest BCUT2D eigenvalue weighted by molar-refractivity contribution is 0.0497. The summed E-state index contributed by atoms with van der Waals surface area (Å²) in [5.74, 6) is 0. The standard InChI is InChI=1S/C21H31N5O2/c1-21(2,3)28-20(27)23-18-10-14-25(15-11-18)19-8-6-17(7-9-19)5-4-13-26-16-12-22-24-26/h6-9,12,16,18H,4-5,10-11,13-15H2,1-3H3,(H,23,27). The highest BCUT2D eigenvalue weighted by Crippen LogP contribution is 2.21. The number of anilines is 1. The molecule has 0 saturated carbocycles. The van der Waals surface area contributed by atoms with E-state index in [4.69, 9.17) is 4.74 Å². The van der Waals surface area contributed by atoms with Crippen LogP contribution in [0.5, 0.6) is 0 Å². The van der Waals surface area contributed by atoms with Gasteiger partial charge in [-0.15, -0.1) is 5.10 Å². The van der Waals surface area contributed by atoms with E-state index in [1.807, 2.05) is 31.6 Å². The Hall–Kier alpha value is -2.57. The van der Waals surface area contributed by atoms with Gasteiger partial charge in [0, 0.05) is 37.6 Å². The molecule has 28 heavy (non-hydrogen) atoms. The first-order chi connectivity index (χ1) is 13.4. The van der Waals surface area contributed by atoms with Crippen molar-refractivity contribution in [2.45, 2.75) is 64.6 Å². The Bertz CT molecular complexity index is 729. The number of benzene rings is 1. The molecular weight excluding hydrogens is 354 g/mol. The predicted molar refractivity (Wildman–Crippen MR) is 109 cm³/mol. The maximum atomic E-state index is 11.9. The Balaban J connectivity index is 1.41. The molecule has 2 heterocycles. The van der Waals surface area contributed by atoms with Crippen molar-refractivity contribution in [1.29, 1.82) is 0 Å². The summed E-state index contributed by atoms with van der Waals surface area (Å²) in [6.07, 6.45) is 7.22. The van der Waals surface area contributed by atoms with Crippen LogP contribution in [0.4, 0.5) is 10.5 Å². The lowest BCUT2D eigenvalue weighted by Crippen LogP contribution is -2.46. The molecule has 1 aromatic heterocycles. The second-order valence-corrected chi connectivity index (χ2v) is 8.34. The molecule has 0 radical (unpaired) electrons. The molecule has 1 amide bonds. The zero-order valence-corrected chi connectivity index (χ0v) is 17.1. The van der Waals surface area contributed by atoms with E-state index < -0.39 is 5.60 Å². The monoisotopic (exact) mass is 385 g/mol. The van der Waals surface area contributed by atoms with Crippen LogP contribution in [-0.4, -0.2) is 45.8 Å². The van der Waals surface area contributed by atoms with Gasteiger partial charge in [-0.3, -0.25) is 4.68 Å². The summed E-state index contributed by atoms with van der Waals surface area (Å²) in [7, 11) is 0. The number of nitrogens with zero attached hydrogens (tertiary/aromatic N) is 4. The van der Waals surface area contributed by atoms with Gasteiger partial charge in [0.05, 0.1) is 6.20 Å². The second-order valence-electron chi connectivity index (χ2n) is 8.34. The number of rotatable bonds is 6. The zero-order valence-electron chi connectivity index (χ0n) is 17.1. The van der Waals surface area contributed by atoms with Crippen LogP contribution in [0.2, 0.25) is 0 Å². The number of aryl methyl sites for hydroxylation is 2. The topological polar surface area (TPSA) is 72.3 Å². The van der Waals surface area contributed by atoms with Crippen LogP contribution in [0, 0.1) is 0 Å². The summed E-state index contributed by atoms with van der Waals surface area (Å²) in [6, 6.07) is 9.00. The molecule has 1 aromatic carbocycles. The van der Waals surface area contributed by atoms with Crippen molar-refractivity contribution in [2.75, 3.05) is 18.0 Å². The van der Waals surface area contributed by atoms with Gasteiger partial charge in [0.1, 0.15) is 5.60 Å². The third-order valence-electron chi connectivity index (χ3n) is 4.84. The number of carbonyl (C=O) groups excluding carboxylic acids is 1. The third kappa shape index (κ3) is 6.25. The van der Waals surface area contributed by atoms with E-state index in [0.29, 0.717) is 0 Å². The van der Waals surface area contributed by atoms with Crippen LogP contribution in [-0.2, 0) is 17.7 Å². The van der Waals surface area contributed by atoms with Crippen LogP contribution in [0.3, 0.4) is 0 Å². The third-order valence-corrected chi connectivity index (χ3v) is 4.84. The van der Waals surface area contributed by atoms with Crippen molar-refractivity contribution >= 4 is 11.8 Å². The van der Waals surface area contributed by atoms with Gasteiger partial charge in [-0.05, 0) is 64.2 Å². The number of amides is 1. The number of piperidine rings is 1. The zero-order chi connectivity index (χ0) is 20.0. The van der Waals surface area contributed by atoms with Crippen molar-refractivity contribution in [3.63, 3.8) is 0 Å². The first-order valence-electron chi connectivity index (χ1n) is 10.1. The fraction of sp³-hybridized carbons (Fsp3) is 0.571. The molecule has 0 aliphatic carbocycles. The Morgan fingerprint density at radius 3 is 2.54 bits per heavy atom. The molecule has 1 aliphatic heterocycles. The van der Waals surface area contributed by atoms with Gasteiger partial charge in [0.15, 0.2) is 0 Å². The number of carbonyl (C=O) groups is 1. The van der Waals surface area contributed by atoms with Gasteiger partial charge in [-0.2, -0.15) is 0 Å². The molecule has 1 aliphatic rings. The molecule has 7 heteroatoms. The Morgan fingerprint density at radius 2 is 1.93 bits per heavy atom. The minimum atomic E-state index is -0.457. The molecule has 152 valence electrons. The first-order valence-corrected chi connectivity index (χ1v) is 10.1. The van der Waals surface area contributed by atoms with Crippen LogP contribution < -0.4 is 10.2 Å². The highest BCUT2D eigenvalue weighted by atomic mass is 16.6. The van der Waals surface area contributed by atoms with Gasteiger partial charge in [-0.1, -0.05) is 17.3 Å². The van der Waals surface area contributed by atoms with E-state index in [-0.39, 0.29) is 12.1 Å². The van der Waals surface area contributed by atoms with Crippen molar-refractivity contribution < 1.29 is 9.53 Å². The maximum absolute atomic E-state index is 11.9. The quantitative estimate of drug-likeness (QED) is 0.825. The molecule has 7 nitrogen and oxygen atoms in total. The SMILES string of the molecule is CC(C)(C)OC(=O)NC1CCN(c2ccc(CCCn3ccnn3)cc2)CC1. The number of nitrogens with one attached hydrogen (secondary N) is 1. The highest BCUT2D eigenvalue weighted by molar-refractivity contribution is 5.68. The van der Waals surface area contributed by atoms with E-state index in [1.165, 1.54) is 11.3 Å². The smallest absolute Gasteiger partial charge is 0.407 e. The number of alkyl carbamates (subject to hydrolysis) is 1. The molecule has 0 bridgehead atoms. The van der Waals surface area contributed by atoms with Gasteiger partial charge in [0.25, 0.3) is 0 Å². The first kappa shape index (κ1) is 20.2. The van der Waals surface area contributed by atoms with E-state index in [1.54, 1.807) is 6.20 Å². The summed E-state index contributed by atoms with van der Waals surface area (Å²) in [5.41, 5.74) is 2.13. The highest BCUT2D eigenvalue weighted by Gasteiger charge is 2.23. The largest absolute Gasteiger partial charge is 0.444 e. The molecule has 1 N–H and O–H groups in total. The molecule has 1 saturated heterocycles. The van der Waals surface area contributed by atoms with Gasteiger partial charge in [-0.25, -0.2) is 4.79 Å². The Kier molecular flexibility index (Phi) is 6.54. The average Bonchev–Trinajstić information content (AvgIpc) is 3.15. The summed E-state index contributed by atoms with van der Waals surface area (Å²) in [4.78, 5) is 14.3. The van der Waals surface area contributed by atoms with E-state index in [9.17, 15) is 4.79 Å². The summed E-state index contributed by atoms with van der Waals surface area (Å²) >= 11 is 0. The van der Waals surface area contributed by atoms with Crippen LogP contribution >= 0.6 is 0 Å². The van der Waals surface area contributed by atoms with Crippen molar-refractivity contribution in [1.82, 2.24) is 20.3 Å². The molecular formula is C21H31N5O2. The fourth-order valence-electron chi connectivity index (χ4n) is 3.43. The van der Waals surface area contributed by atoms with E-state index >= 15 is 0 Å². The van der Waals surface area contributed by atoms with Gasteiger partial charge < -0.3 is 15.0 Å². The summed E-state index contributed by atoms with van der Waals surface area (Å²) in [6.45, 7) is 8.41. The maximum Gasteiger partial charge on any atom is 0.407 e. The number of hydrogen-bond donors (Lipinski definition) is 1. The lowest BCUT2D eigenvalue weighted by Gasteiger charge is -2.34. The van der Waals surface area contributed by atoms with E-state index in [2.05, 4.69) is 44.8 Å². The van der Waals surface area contributed by atoms with Crippen LogP contribution in [0.1, 0.15) is 45.6 Å². The second kappa shape index (κ2) is 9.08. The minimum Gasteiger partial charge on any atom is -0.444 e. The summed E-state index contributed by atoms with van der Waals surface area (Å²) in [5, 5.41) is 10.8. The van der Waals surface area contributed by atoms with Gasteiger partial charge in [0.2, 0.25) is 0 Å². The molecule has 2 aromatic rings. The van der Waals surface area contributed by atoms with Gasteiger partial charge >= 0.3 is 6.09 Å². The Morgan fingerprint density at radius 1 is 1.21 bits per heavy atom. The van der Waals surface area contributed by atoms with Crippen molar-refractivity contribution in [2.24, 2.45) is 0 Å². The Labute approximate surface area is 167 Å². The lowest BCUT2D eigenvalue weighted by atomic mass is 10.0. The number of hydrogen-bond acceptors (Lipinski definition) is 5. The van der Waals surface area contributed by atoms with Crippen LogP contribution in [0.25, 0.3) is 0 Å². The normalized spacial score (nSPS) is 15.5. The van der Waals surface area contributed by atoms with Crippen molar-refractivity contribution in [3.05, 3.63) is 42.2 Å². The van der Waals surface area contributed by atoms with Crippen molar-refractivity contribution in [3.8, 4) is 0 Å². The molecule has 0 unspecified atom stereocenters. The number of ether oxygens (including phenoxy) is 1. The fourth-order valence-corrected chi connectivity index (χ4v) is 3.43. The van der Waals surface area contributed by atoms with Crippen LogP contribution in [0.15, 0.2) is 36.7 Å². The molecule has 3 rings (SSSR count). The average molecular weight is 386 g/mol. The molecule has 0 atom stereocenters. The number of aromatic nitrogens is 3. The van der Waals surface area contributed by atoms with E-state index in [0.717, 1.165) is 45.3 Å². The molecule has 0 spiro atoms. The predicted octanol–water partition coefficient (Wildman–Crippen LogP) is 3.40. The molecule has 1 fully saturated rings.